The lowest BCUT2D eigenvalue weighted by Crippen LogP contribution is -2.14. The summed E-state index contributed by atoms with van der Waals surface area (Å²) >= 11 is 3.44. The molecule has 1 amide bonds. The molecule has 0 spiro atoms. The van der Waals surface area contributed by atoms with Gasteiger partial charge in [-0.15, -0.1) is 0 Å². The first-order valence-corrected chi connectivity index (χ1v) is 7.82. The zero-order valence-corrected chi connectivity index (χ0v) is 14.2. The van der Waals surface area contributed by atoms with Crippen LogP contribution in [0.2, 0.25) is 0 Å². The molecule has 0 aliphatic carbocycles. The summed E-state index contributed by atoms with van der Waals surface area (Å²) in [6.07, 6.45) is 0. The van der Waals surface area contributed by atoms with Crippen molar-refractivity contribution in [3.05, 3.63) is 70.2 Å². The molecule has 0 heterocycles. The summed E-state index contributed by atoms with van der Waals surface area (Å²) in [6.45, 7) is 0. The van der Waals surface area contributed by atoms with Gasteiger partial charge in [0, 0.05) is 6.07 Å². The summed E-state index contributed by atoms with van der Waals surface area (Å²) in [5, 5.41) is 4.16. The molecule has 0 fully saturated rings. The van der Waals surface area contributed by atoms with Gasteiger partial charge in [-0.25, -0.2) is 8.78 Å². The van der Waals surface area contributed by atoms with Crippen molar-refractivity contribution in [3.8, 4) is 5.75 Å². The molecule has 0 bridgehead atoms. The number of carbonyl (C=O) groups is 1. The first kappa shape index (κ1) is 16.4. The quantitative estimate of drug-likeness (QED) is 0.670. The highest BCUT2D eigenvalue weighted by atomic mass is 79.9. The Hall–Kier alpha value is -2.47. The lowest BCUT2D eigenvalue weighted by Gasteiger charge is -2.14. The Bertz CT molecular complexity index is 944. The summed E-state index contributed by atoms with van der Waals surface area (Å²) in [7, 11) is 1.45. The van der Waals surface area contributed by atoms with E-state index >= 15 is 0 Å². The number of anilines is 1. The van der Waals surface area contributed by atoms with E-state index in [1.54, 1.807) is 6.07 Å². The van der Waals surface area contributed by atoms with Crippen LogP contribution in [0.1, 0.15) is 10.4 Å². The van der Waals surface area contributed by atoms with E-state index in [-0.39, 0.29) is 11.3 Å². The van der Waals surface area contributed by atoms with E-state index in [2.05, 4.69) is 21.2 Å². The molecule has 0 saturated heterocycles. The van der Waals surface area contributed by atoms with Gasteiger partial charge < -0.3 is 10.1 Å². The van der Waals surface area contributed by atoms with Crippen LogP contribution < -0.4 is 10.1 Å². The Labute approximate surface area is 145 Å². The molecule has 3 rings (SSSR count). The molecule has 3 aromatic rings. The maximum atomic E-state index is 13.7. The van der Waals surface area contributed by atoms with E-state index < -0.39 is 17.5 Å². The number of benzene rings is 3. The number of nitrogens with one attached hydrogen (secondary N) is 1. The molecule has 0 saturated carbocycles. The van der Waals surface area contributed by atoms with Gasteiger partial charge in [-0.2, -0.15) is 0 Å². The van der Waals surface area contributed by atoms with Crippen molar-refractivity contribution < 1.29 is 18.3 Å². The van der Waals surface area contributed by atoms with E-state index in [1.807, 2.05) is 24.3 Å². The first-order chi connectivity index (χ1) is 11.5. The van der Waals surface area contributed by atoms with Gasteiger partial charge in [0.2, 0.25) is 0 Å². The van der Waals surface area contributed by atoms with Crippen LogP contribution >= 0.6 is 15.9 Å². The highest BCUT2D eigenvalue weighted by Gasteiger charge is 2.19. The number of amides is 1. The first-order valence-electron chi connectivity index (χ1n) is 7.03. The van der Waals surface area contributed by atoms with Crippen LogP contribution in [0.3, 0.4) is 0 Å². The summed E-state index contributed by atoms with van der Waals surface area (Å²) in [5.74, 6) is -1.77. The number of ether oxygens (including phenoxy) is 1. The van der Waals surface area contributed by atoms with Crippen molar-refractivity contribution in [2.75, 3.05) is 12.4 Å². The second-order valence-corrected chi connectivity index (χ2v) is 5.86. The van der Waals surface area contributed by atoms with E-state index in [0.717, 1.165) is 16.8 Å². The van der Waals surface area contributed by atoms with Crippen LogP contribution in [0.5, 0.6) is 5.75 Å². The molecule has 6 heteroatoms. The van der Waals surface area contributed by atoms with Crippen LogP contribution in [0, 0.1) is 11.6 Å². The van der Waals surface area contributed by atoms with Gasteiger partial charge in [-0.05, 0) is 44.9 Å². The molecule has 0 atom stereocenters. The molecule has 0 radical (unpaired) electrons. The van der Waals surface area contributed by atoms with E-state index in [9.17, 15) is 13.6 Å². The van der Waals surface area contributed by atoms with Crippen molar-refractivity contribution in [2.24, 2.45) is 0 Å². The second-order valence-electron chi connectivity index (χ2n) is 5.07. The molecule has 3 aromatic carbocycles. The van der Waals surface area contributed by atoms with Crippen molar-refractivity contribution in [3.63, 3.8) is 0 Å². The lowest BCUT2D eigenvalue weighted by molar-refractivity contribution is 0.102. The van der Waals surface area contributed by atoms with Crippen molar-refractivity contribution in [1.29, 1.82) is 0 Å². The highest BCUT2D eigenvalue weighted by molar-refractivity contribution is 9.10. The molecular formula is C18H12BrF2NO2. The van der Waals surface area contributed by atoms with Gasteiger partial charge in [-0.1, -0.05) is 24.3 Å². The molecular weight excluding hydrogens is 380 g/mol. The SMILES string of the molecule is COc1c(C(=O)Nc2ccc(F)cc2F)cc2ccccc2c1Br. The topological polar surface area (TPSA) is 38.3 Å². The summed E-state index contributed by atoms with van der Waals surface area (Å²) in [6, 6.07) is 12.1. The van der Waals surface area contributed by atoms with E-state index in [4.69, 9.17) is 4.74 Å². The van der Waals surface area contributed by atoms with Crippen LogP contribution in [0.4, 0.5) is 14.5 Å². The molecule has 122 valence electrons. The van der Waals surface area contributed by atoms with Crippen molar-refractivity contribution in [2.45, 2.75) is 0 Å². The fourth-order valence-electron chi connectivity index (χ4n) is 2.43. The fraction of sp³-hybridized carbons (Fsp3) is 0.0556. The Morgan fingerprint density at radius 3 is 2.58 bits per heavy atom. The summed E-state index contributed by atoms with van der Waals surface area (Å²) < 4.78 is 32.7. The molecule has 1 N–H and O–H groups in total. The van der Waals surface area contributed by atoms with E-state index in [0.29, 0.717) is 16.3 Å². The number of hydrogen-bond acceptors (Lipinski definition) is 2. The normalized spacial score (nSPS) is 10.7. The van der Waals surface area contributed by atoms with Gasteiger partial charge in [-0.3, -0.25) is 4.79 Å². The molecule has 0 aromatic heterocycles. The Morgan fingerprint density at radius 2 is 1.88 bits per heavy atom. The Kier molecular flexibility index (Phi) is 4.49. The zero-order chi connectivity index (χ0) is 17.3. The largest absolute Gasteiger partial charge is 0.495 e. The molecule has 0 aliphatic heterocycles. The smallest absolute Gasteiger partial charge is 0.259 e. The summed E-state index contributed by atoms with van der Waals surface area (Å²) in [5.41, 5.74) is 0.138. The maximum absolute atomic E-state index is 13.7. The monoisotopic (exact) mass is 391 g/mol. The number of halogens is 3. The van der Waals surface area contributed by atoms with Gasteiger partial charge in [0.25, 0.3) is 5.91 Å². The fourth-order valence-corrected chi connectivity index (χ4v) is 3.17. The third kappa shape index (κ3) is 2.97. The number of methoxy groups -OCH3 is 1. The van der Waals surface area contributed by atoms with Crippen LogP contribution in [0.15, 0.2) is 53.0 Å². The zero-order valence-electron chi connectivity index (χ0n) is 12.6. The number of fused-ring (bicyclic) bond motifs is 1. The highest BCUT2D eigenvalue weighted by Crippen LogP contribution is 2.37. The van der Waals surface area contributed by atoms with Gasteiger partial charge in [0.15, 0.2) is 0 Å². The number of carbonyl (C=O) groups excluding carboxylic acids is 1. The Balaban J connectivity index is 2.06. The average molecular weight is 392 g/mol. The predicted octanol–water partition coefficient (Wildman–Crippen LogP) is 5.14. The maximum Gasteiger partial charge on any atom is 0.259 e. The van der Waals surface area contributed by atoms with Crippen molar-refractivity contribution >= 4 is 38.3 Å². The third-order valence-electron chi connectivity index (χ3n) is 3.57. The van der Waals surface area contributed by atoms with Gasteiger partial charge >= 0.3 is 0 Å². The Morgan fingerprint density at radius 1 is 1.12 bits per heavy atom. The minimum absolute atomic E-state index is 0.104. The van der Waals surface area contributed by atoms with Gasteiger partial charge in [0.05, 0.1) is 22.8 Å². The number of rotatable bonds is 3. The average Bonchev–Trinajstić information content (AvgIpc) is 2.57. The minimum Gasteiger partial charge on any atom is -0.495 e. The van der Waals surface area contributed by atoms with Crippen LogP contribution in [-0.4, -0.2) is 13.0 Å². The van der Waals surface area contributed by atoms with Gasteiger partial charge in [0.1, 0.15) is 17.4 Å². The standard InChI is InChI=1S/C18H12BrF2NO2/c1-24-17-13(8-10-4-2-3-5-12(10)16(17)19)18(23)22-15-7-6-11(20)9-14(15)21/h2-9H,1H3,(H,22,23). The lowest BCUT2D eigenvalue weighted by atomic mass is 10.1. The van der Waals surface area contributed by atoms with Crippen LogP contribution in [-0.2, 0) is 0 Å². The predicted molar refractivity (Wildman–Crippen MR) is 92.5 cm³/mol. The molecule has 0 unspecified atom stereocenters. The second kappa shape index (κ2) is 6.57. The molecule has 3 nitrogen and oxygen atoms in total. The minimum atomic E-state index is -0.845. The molecule has 0 aliphatic rings. The third-order valence-corrected chi connectivity index (χ3v) is 4.36. The molecule has 24 heavy (non-hydrogen) atoms. The summed E-state index contributed by atoms with van der Waals surface area (Å²) in [4.78, 5) is 12.6. The number of hydrogen-bond donors (Lipinski definition) is 1. The van der Waals surface area contributed by atoms with Crippen LogP contribution in [0.25, 0.3) is 10.8 Å². The van der Waals surface area contributed by atoms with E-state index in [1.165, 1.54) is 13.2 Å². The van der Waals surface area contributed by atoms with Crippen molar-refractivity contribution in [1.82, 2.24) is 0 Å².